The molecule has 0 N–H and O–H groups in total. The number of nitrogens with zero attached hydrogens (tertiary/aromatic N) is 3. The van der Waals surface area contributed by atoms with Crippen molar-refractivity contribution in [3.8, 4) is 11.1 Å². The molecule has 1 aromatic heterocycles. The van der Waals surface area contributed by atoms with Gasteiger partial charge in [-0.3, -0.25) is 0 Å². The van der Waals surface area contributed by atoms with E-state index in [0.29, 0.717) is 0 Å². The van der Waals surface area contributed by atoms with Crippen molar-refractivity contribution < 1.29 is 0 Å². The SMILES string of the molecule is C1=C(Cc2ccc(-c3ccccc3)cc2)CCN(c2ncccn2)C1. The molecule has 0 radical (unpaired) electrons. The van der Waals surface area contributed by atoms with Crippen molar-refractivity contribution >= 4 is 5.95 Å². The third-order valence-corrected chi connectivity index (χ3v) is 4.63. The fourth-order valence-corrected chi connectivity index (χ4v) is 3.22. The van der Waals surface area contributed by atoms with E-state index in [0.717, 1.165) is 31.9 Å². The van der Waals surface area contributed by atoms with E-state index in [9.17, 15) is 0 Å². The third kappa shape index (κ3) is 3.77. The number of rotatable bonds is 4. The average molecular weight is 327 g/mol. The lowest BCUT2D eigenvalue weighted by Crippen LogP contribution is -2.30. The first-order chi connectivity index (χ1) is 12.4. The summed E-state index contributed by atoms with van der Waals surface area (Å²) in [6.45, 7) is 1.87. The second kappa shape index (κ2) is 7.31. The second-order valence-corrected chi connectivity index (χ2v) is 6.35. The zero-order valence-electron chi connectivity index (χ0n) is 14.2. The quantitative estimate of drug-likeness (QED) is 0.660. The van der Waals surface area contributed by atoms with Crippen LogP contribution in [0.2, 0.25) is 0 Å². The van der Waals surface area contributed by atoms with Crippen LogP contribution in [-0.4, -0.2) is 23.1 Å². The molecular formula is C22H21N3. The highest BCUT2D eigenvalue weighted by atomic mass is 15.2. The van der Waals surface area contributed by atoms with Gasteiger partial charge in [0.1, 0.15) is 0 Å². The highest BCUT2D eigenvalue weighted by molar-refractivity contribution is 5.63. The van der Waals surface area contributed by atoms with Crippen LogP contribution >= 0.6 is 0 Å². The molecule has 0 amide bonds. The van der Waals surface area contributed by atoms with Gasteiger partial charge in [0, 0.05) is 25.5 Å². The van der Waals surface area contributed by atoms with Crippen molar-refractivity contribution in [2.75, 3.05) is 18.0 Å². The Bertz CT molecular complexity index is 839. The topological polar surface area (TPSA) is 29.0 Å². The Morgan fingerprint density at radius 1 is 0.800 bits per heavy atom. The minimum absolute atomic E-state index is 0.824. The number of benzene rings is 2. The largest absolute Gasteiger partial charge is 0.337 e. The molecule has 3 heteroatoms. The lowest BCUT2D eigenvalue weighted by Gasteiger charge is -2.26. The van der Waals surface area contributed by atoms with Crippen LogP contribution in [0.3, 0.4) is 0 Å². The second-order valence-electron chi connectivity index (χ2n) is 6.35. The summed E-state index contributed by atoms with van der Waals surface area (Å²) in [6, 6.07) is 21.3. The Morgan fingerprint density at radius 2 is 1.52 bits per heavy atom. The van der Waals surface area contributed by atoms with Gasteiger partial charge in [0.15, 0.2) is 0 Å². The predicted molar refractivity (Wildman–Crippen MR) is 103 cm³/mol. The summed E-state index contributed by atoms with van der Waals surface area (Å²) in [5.41, 5.74) is 5.41. The number of hydrogen-bond donors (Lipinski definition) is 0. The van der Waals surface area contributed by atoms with E-state index >= 15 is 0 Å². The zero-order chi connectivity index (χ0) is 16.9. The maximum atomic E-state index is 4.34. The maximum absolute atomic E-state index is 4.34. The molecule has 0 bridgehead atoms. The number of hydrogen-bond acceptors (Lipinski definition) is 3. The first-order valence-electron chi connectivity index (χ1n) is 8.73. The monoisotopic (exact) mass is 327 g/mol. The van der Waals surface area contributed by atoms with Gasteiger partial charge in [-0.15, -0.1) is 0 Å². The lowest BCUT2D eigenvalue weighted by atomic mass is 9.97. The van der Waals surface area contributed by atoms with Crippen molar-refractivity contribution in [2.24, 2.45) is 0 Å². The summed E-state index contributed by atoms with van der Waals surface area (Å²) in [4.78, 5) is 10.9. The van der Waals surface area contributed by atoms with Crippen LogP contribution in [0, 0.1) is 0 Å². The Kier molecular flexibility index (Phi) is 4.55. The molecule has 0 atom stereocenters. The van der Waals surface area contributed by atoms with E-state index in [4.69, 9.17) is 0 Å². The van der Waals surface area contributed by atoms with E-state index < -0.39 is 0 Å². The first-order valence-corrected chi connectivity index (χ1v) is 8.73. The minimum Gasteiger partial charge on any atom is -0.337 e. The average Bonchev–Trinajstić information content (AvgIpc) is 2.71. The standard InChI is InChI=1S/C22H21N3/c1-2-5-20(6-3-1)21-9-7-18(8-10-21)17-19-11-15-25(16-12-19)22-23-13-4-14-24-22/h1-11,13-14H,12,15-17H2. The molecule has 0 saturated carbocycles. The molecule has 0 saturated heterocycles. The predicted octanol–water partition coefficient (Wildman–Crippen LogP) is 4.52. The van der Waals surface area contributed by atoms with Gasteiger partial charge in [0.2, 0.25) is 5.95 Å². The summed E-state index contributed by atoms with van der Waals surface area (Å²) < 4.78 is 0. The van der Waals surface area contributed by atoms with Crippen LogP contribution in [0.5, 0.6) is 0 Å². The van der Waals surface area contributed by atoms with Gasteiger partial charge in [-0.25, -0.2) is 9.97 Å². The normalized spacial score (nSPS) is 14.2. The Hall–Kier alpha value is -2.94. The summed E-state index contributed by atoms with van der Waals surface area (Å²) in [6.07, 6.45) is 8.02. The highest BCUT2D eigenvalue weighted by Gasteiger charge is 2.14. The van der Waals surface area contributed by atoms with E-state index in [1.165, 1.54) is 22.3 Å². The molecule has 0 aliphatic carbocycles. The van der Waals surface area contributed by atoms with Gasteiger partial charge in [-0.05, 0) is 35.6 Å². The molecular weight excluding hydrogens is 306 g/mol. The number of aromatic nitrogens is 2. The molecule has 3 aromatic rings. The lowest BCUT2D eigenvalue weighted by molar-refractivity contribution is 0.745. The van der Waals surface area contributed by atoms with Crippen molar-refractivity contribution in [2.45, 2.75) is 12.8 Å². The maximum Gasteiger partial charge on any atom is 0.225 e. The molecule has 1 aliphatic rings. The van der Waals surface area contributed by atoms with E-state index in [1.54, 1.807) is 12.4 Å². The molecule has 1 aliphatic heterocycles. The van der Waals surface area contributed by atoms with Gasteiger partial charge in [0.25, 0.3) is 0 Å². The molecule has 0 unspecified atom stereocenters. The van der Waals surface area contributed by atoms with Gasteiger partial charge < -0.3 is 4.90 Å². The highest BCUT2D eigenvalue weighted by Crippen LogP contribution is 2.22. The van der Waals surface area contributed by atoms with Crippen LogP contribution in [0.25, 0.3) is 11.1 Å². The molecule has 4 rings (SSSR count). The minimum atomic E-state index is 0.824. The summed E-state index contributed by atoms with van der Waals surface area (Å²) >= 11 is 0. The first kappa shape index (κ1) is 15.6. The fourth-order valence-electron chi connectivity index (χ4n) is 3.22. The Balaban J connectivity index is 1.40. The molecule has 3 nitrogen and oxygen atoms in total. The van der Waals surface area contributed by atoms with Gasteiger partial charge in [0.05, 0.1) is 0 Å². The fraction of sp³-hybridized carbons (Fsp3) is 0.182. The van der Waals surface area contributed by atoms with E-state index in [-0.39, 0.29) is 0 Å². The van der Waals surface area contributed by atoms with Crippen molar-refractivity contribution in [1.82, 2.24) is 9.97 Å². The van der Waals surface area contributed by atoms with Gasteiger partial charge in [-0.2, -0.15) is 0 Å². The van der Waals surface area contributed by atoms with Crippen molar-refractivity contribution in [1.29, 1.82) is 0 Å². The smallest absolute Gasteiger partial charge is 0.225 e. The van der Waals surface area contributed by atoms with Crippen LogP contribution in [0.15, 0.2) is 84.7 Å². The number of anilines is 1. The summed E-state index contributed by atoms with van der Waals surface area (Å²) in [5.74, 6) is 0.824. The molecule has 2 aromatic carbocycles. The van der Waals surface area contributed by atoms with Gasteiger partial charge in [-0.1, -0.05) is 66.2 Å². The van der Waals surface area contributed by atoms with Crippen molar-refractivity contribution in [3.05, 3.63) is 90.3 Å². The van der Waals surface area contributed by atoms with E-state index in [2.05, 4.69) is 75.5 Å². The molecule has 0 fully saturated rings. The third-order valence-electron chi connectivity index (χ3n) is 4.63. The van der Waals surface area contributed by atoms with Crippen molar-refractivity contribution in [3.63, 3.8) is 0 Å². The molecule has 124 valence electrons. The van der Waals surface area contributed by atoms with Crippen LogP contribution in [0.4, 0.5) is 5.95 Å². The van der Waals surface area contributed by atoms with Gasteiger partial charge >= 0.3 is 0 Å². The van der Waals surface area contributed by atoms with E-state index in [1.807, 2.05) is 6.07 Å². The van der Waals surface area contributed by atoms with Crippen LogP contribution in [-0.2, 0) is 6.42 Å². The molecule has 25 heavy (non-hydrogen) atoms. The summed E-state index contributed by atoms with van der Waals surface area (Å²) in [7, 11) is 0. The molecule has 0 spiro atoms. The molecule has 2 heterocycles. The van der Waals surface area contributed by atoms with Crippen LogP contribution in [0.1, 0.15) is 12.0 Å². The Labute approximate surface area is 148 Å². The Morgan fingerprint density at radius 3 is 2.20 bits per heavy atom. The van der Waals surface area contributed by atoms with Crippen LogP contribution < -0.4 is 4.90 Å². The summed E-state index contributed by atoms with van der Waals surface area (Å²) in [5, 5.41) is 0. The zero-order valence-corrected chi connectivity index (χ0v) is 14.2.